The summed E-state index contributed by atoms with van der Waals surface area (Å²) in [5.41, 5.74) is 4.28. The Kier molecular flexibility index (Phi) is 8.28. The fourth-order valence-corrected chi connectivity index (χ4v) is 5.02. The van der Waals surface area contributed by atoms with Crippen molar-refractivity contribution in [2.45, 2.75) is 84.8 Å². The molecule has 4 aromatic rings. The standard InChI is InChI=1S/C32H40N8O4/c1-19-25(17-34-39(19)8)36-29-33-13-11-24(35-29)21-9-10-23-20(16-26(41)27-37-28(44-38-27)31(2,3)4)12-14-40(18-22(23)15-21)30(42)43-32(5,6)7/h9-11,13,15,17,20H,12,14,16,18H2,1-8H3,(H,33,35,36)/t20-/m0/s1. The van der Waals surface area contributed by atoms with Crippen LogP contribution in [0.2, 0.25) is 0 Å². The van der Waals surface area contributed by atoms with Crippen molar-refractivity contribution >= 4 is 23.5 Å². The van der Waals surface area contributed by atoms with E-state index in [9.17, 15) is 9.59 Å². The first-order chi connectivity index (χ1) is 20.7. The molecule has 0 unspecified atom stereocenters. The van der Waals surface area contributed by atoms with Gasteiger partial charge in [-0.3, -0.25) is 9.48 Å². The minimum Gasteiger partial charge on any atom is -0.444 e. The van der Waals surface area contributed by atoms with Crippen LogP contribution in [-0.2, 0) is 23.7 Å². The Labute approximate surface area is 257 Å². The second-order valence-electron chi connectivity index (χ2n) is 13.3. The molecule has 0 aliphatic carbocycles. The highest BCUT2D eigenvalue weighted by atomic mass is 16.6. The van der Waals surface area contributed by atoms with Crippen LogP contribution in [0.25, 0.3) is 11.3 Å². The molecule has 1 aliphatic heterocycles. The average Bonchev–Trinajstić information content (AvgIpc) is 3.52. The van der Waals surface area contributed by atoms with Gasteiger partial charge in [-0.25, -0.2) is 14.8 Å². The van der Waals surface area contributed by atoms with Crippen LogP contribution in [0.15, 0.2) is 41.2 Å². The number of Topliss-reactive ketones (excluding diaryl/α,β-unsaturated/α-hetero) is 1. The molecule has 1 amide bonds. The van der Waals surface area contributed by atoms with Crippen molar-refractivity contribution in [2.24, 2.45) is 7.05 Å². The molecule has 0 spiro atoms. The van der Waals surface area contributed by atoms with Crippen molar-refractivity contribution < 1.29 is 18.8 Å². The highest BCUT2D eigenvalue weighted by molar-refractivity contribution is 5.93. The fourth-order valence-electron chi connectivity index (χ4n) is 5.02. The number of carbonyl (C=O) groups excluding carboxylic acids is 2. The second-order valence-corrected chi connectivity index (χ2v) is 13.3. The third-order valence-electron chi connectivity index (χ3n) is 7.53. The number of hydrogen-bond donors (Lipinski definition) is 1. The van der Waals surface area contributed by atoms with Crippen molar-refractivity contribution in [3.05, 3.63) is 65.2 Å². The van der Waals surface area contributed by atoms with Crippen molar-refractivity contribution in [3.8, 4) is 11.3 Å². The van der Waals surface area contributed by atoms with E-state index in [1.165, 1.54) is 0 Å². The number of ether oxygens (including phenoxy) is 1. The minimum absolute atomic E-state index is 0.0752. The molecule has 44 heavy (non-hydrogen) atoms. The lowest BCUT2D eigenvalue weighted by atomic mass is 9.87. The number of benzene rings is 1. The van der Waals surface area contributed by atoms with Crippen LogP contribution in [0.5, 0.6) is 0 Å². The number of nitrogens with zero attached hydrogens (tertiary/aromatic N) is 7. The van der Waals surface area contributed by atoms with Crippen LogP contribution in [0.1, 0.15) is 93.6 Å². The maximum absolute atomic E-state index is 13.4. The number of rotatable bonds is 6. The summed E-state index contributed by atoms with van der Waals surface area (Å²) in [6.07, 6.45) is 3.80. The molecule has 0 bridgehead atoms. The summed E-state index contributed by atoms with van der Waals surface area (Å²) in [4.78, 5) is 41.8. The number of carbonyl (C=O) groups is 2. The van der Waals surface area contributed by atoms with Gasteiger partial charge in [-0.15, -0.1) is 0 Å². The first-order valence-electron chi connectivity index (χ1n) is 14.7. The number of anilines is 2. The van der Waals surface area contributed by atoms with Crippen LogP contribution < -0.4 is 5.32 Å². The Morgan fingerprint density at radius 2 is 1.89 bits per heavy atom. The largest absolute Gasteiger partial charge is 0.444 e. The number of amides is 1. The third kappa shape index (κ3) is 6.95. The van der Waals surface area contributed by atoms with E-state index in [4.69, 9.17) is 14.2 Å². The lowest BCUT2D eigenvalue weighted by Gasteiger charge is -2.26. The summed E-state index contributed by atoms with van der Waals surface area (Å²) in [5, 5.41) is 11.5. The summed E-state index contributed by atoms with van der Waals surface area (Å²) < 4.78 is 12.9. The SMILES string of the molecule is Cc1c(Nc2nccc(-c3ccc4c(c3)CN(C(=O)OC(C)(C)C)CC[C@H]4CC(=O)c3noc(C(C)(C)C)n3)n2)cnn1C. The Morgan fingerprint density at radius 3 is 2.55 bits per heavy atom. The first kappa shape index (κ1) is 30.8. The minimum atomic E-state index is -0.635. The maximum atomic E-state index is 13.4. The predicted octanol–water partition coefficient (Wildman–Crippen LogP) is 6.11. The van der Waals surface area contributed by atoms with Gasteiger partial charge in [-0.05, 0) is 63.3 Å². The van der Waals surface area contributed by atoms with Gasteiger partial charge in [-0.2, -0.15) is 10.1 Å². The van der Waals surface area contributed by atoms with Gasteiger partial charge < -0.3 is 19.5 Å². The monoisotopic (exact) mass is 600 g/mol. The normalized spacial score (nSPS) is 15.5. The molecule has 1 aromatic carbocycles. The van der Waals surface area contributed by atoms with Crippen molar-refractivity contribution in [3.63, 3.8) is 0 Å². The molecule has 1 N–H and O–H groups in total. The zero-order valence-electron chi connectivity index (χ0n) is 26.6. The molecule has 5 rings (SSSR count). The molecule has 12 heteroatoms. The number of aryl methyl sites for hydroxylation is 1. The molecule has 0 radical (unpaired) electrons. The Bertz CT molecular complexity index is 1680. The van der Waals surface area contributed by atoms with Crippen LogP contribution in [-0.4, -0.2) is 58.8 Å². The molecule has 12 nitrogen and oxygen atoms in total. The summed E-state index contributed by atoms with van der Waals surface area (Å²) >= 11 is 0. The number of nitrogens with one attached hydrogen (secondary N) is 1. The van der Waals surface area contributed by atoms with E-state index in [1.54, 1.807) is 22.0 Å². The van der Waals surface area contributed by atoms with E-state index in [-0.39, 0.29) is 29.4 Å². The fraction of sp³-hybridized carbons (Fsp3) is 0.469. The Morgan fingerprint density at radius 1 is 1.11 bits per heavy atom. The lowest BCUT2D eigenvalue weighted by Crippen LogP contribution is -2.36. The van der Waals surface area contributed by atoms with Crippen molar-refractivity contribution in [1.82, 2.24) is 34.8 Å². The zero-order valence-corrected chi connectivity index (χ0v) is 26.6. The van der Waals surface area contributed by atoms with Crippen LogP contribution in [0, 0.1) is 6.92 Å². The molecule has 1 aliphatic rings. The quantitative estimate of drug-likeness (QED) is 0.258. The van der Waals surface area contributed by atoms with Crippen LogP contribution in [0.4, 0.5) is 16.4 Å². The topological polar surface area (TPSA) is 141 Å². The molecule has 0 fully saturated rings. The van der Waals surface area contributed by atoms with Gasteiger partial charge in [0.05, 0.1) is 23.3 Å². The molecular formula is C32H40N8O4. The molecule has 232 valence electrons. The number of hydrogen-bond acceptors (Lipinski definition) is 10. The number of fused-ring (bicyclic) bond motifs is 1. The molecule has 3 aromatic heterocycles. The number of ketones is 1. The van der Waals surface area contributed by atoms with Gasteiger partial charge in [0.2, 0.25) is 23.4 Å². The second kappa shape index (κ2) is 11.8. The molecule has 0 saturated carbocycles. The molecule has 0 saturated heterocycles. The van der Waals surface area contributed by atoms with Gasteiger partial charge in [0.25, 0.3) is 0 Å². The van der Waals surface area contributed by atoms with Crippen LogP contribution >= 0.6 is 0 Å². The first-order valence-corrected chi connectivity index (χ1v) is 14.7. The highest BCUT2D eigenvalue weighted by Gasteiger charge is 2.31. The van der Waals surface area contributed by atoms with E-state index in [0.29, 0.717) is 37.0 Å². The van der Waals surface area contributed by atoms with Crippen molar-refractivity contribution in [1.29, 1.82) is 0 Å². The van der Waals surface area contributed by atoms with E-state index in [2.05, 4.69) is 25.5 Å². The smallest absolute Gasteiger partial charge is 0.410 e. The van der Waals surface area contributed by atoms with E-state index in [1.807, 2.05) is 79.8 Å². The molecular weight excluding hydrogens is 560 g/mol. The van der Waals surface area contributed by atoms with E-state index < -0.39 is 11.7 Å². The predicted molar refractivity (Wildman–Crippen MR) is 165 cm³/mol. The molecule has 1 atom stereocenters. The summed E-state index contributed by atoms with van der Waals surface area (Å²) in [6, 6.07) is 7.89. The Balaban J connectivity index is 1.45. The average molecular weight is 601 g/mol. The summed E-state index contributed by atoms with van der Waals surface area (Å²) in [6.45, 7) is 14.1. The van der Waals surface area contributed by atoms with Gasteiger partial charge in [-0.1, -0.05) is 38.1 Å². The van der Waals surface area contributed by atoms with Gasteiger partial charge in [0, 0.05) is 43.7 Å². The maximum Gasteiger partial charge on any atom is 0.410 e. The zero-order chi connectivity index (χ0) is 31.8. The third-order valence-corrected chi connectivity index (χ3v) is 7.53. The summed E-state index contributed by atoms with van der Waals surface area (Å²) in [5.74, 6) is 0.576. The van der Waals surface area contributed by atoms with Gasteiger partial charge in [0.15, 0.2) is 0 Å². The Hall–Kier alpha value is -4.61. The summed E-state index contributed by atoms with van der Waals surface area (Å²) in [7, 11) is 1.88. The van der Waals surface area contributed by atoms with E-state index in [0.717, 1.165) is 28.1 Å². The van der Waals surface area contributed by atoms with Crippen LogP contribution in [0.3, 0.4) is 0 Å². The highest BCUT2D eigenvalue weighted by Crippen LogP contribution is 2.35. The van der Waals surface area contributed by atoms with E-state index >= 15 is 0 Å². The number of aromatic nitrogens is 6. The molecule has 4 heterocycles. The van der Waals surface area contributed by atoms with Gasteiger partial charge >= 0.3 is 6.09 Å². The lowest BCUT2D eigenvalue weighted by molar-refractivity contribution is 0.0235. The van der Waals surface area contributed by atoms with Crippen molar-refractivity contribution in [2.75, 3.05) is 11.9 Å². The van der Waals surface area contributed by atoms with Gasteiger partial charge in [0.1, 0.15) is 5.60 Å².